The van der Waals surface area contributed by atoms with Crippen molar-refractivity contribution in [3.8, 4) is 5.75 Å². The number of pyridine rings is 1. The predicted octanol–water partition coefficient (Wildman–Crippen LogP) is 3.89. The largest absolute Gasteiger partial charge is 0.497 e. The van der Waals surface area contributed by atoms with Gasteiger partial charge < -0.3 is 9.64 Å². The number of nitrogens with zero attached hydrogens (tertiary/aromatic N) is 2. The number of aryl methyl sites for hydroxylation is 2. The van der Waals surface area contributed by atoms with E-state index in [0.717, 1.165) is 44.5 Å². The zero-order valence-corrected chi connectivity index (χ0v) is 15.6. The van der Waals surface area contributed by atoms with Crippen molar-refractivity contribution in [2.45, 2.75) is 38.5 Å². The lowest BCUT2D eigenvalue weighted by Crippen LogP contribution is -2.40. The first-order chi connectivity index (χ1) is 12.7. The molecule has 1 unspecified atom stereocenters. The first-order valence-electron chi connectivity index (χ1n) is 9.54. The van der Waals surface area contributed by atoms with Crippen LogP contribution in [0, 0.1) is 5.92 Å². The van der Waals surface area contributed by atoms with Crippen LogP contribution >= 0.6 is 0 Å². The molecule has 26 heavy (non-hydrogen) atoms. The van der Waals surface area contributed by atoms with Gasteiger partial charge in [0.1, 0.15) is 5.75 Å². The third-order valence-electron chi connectivity index (χ3n) is 5.22. The van der Waals surface area contributed by atoms with Gasteiger partial charge in [-0.25, -0.2) is 0 Å². The molecule has 4 heteroatoms. The third-order valence-corrected chi connectivity index (χ3v) is 5.22. The number of carbonyl (C=O) groups excluding carboxylic acids is 1. The predicted molar refractivity (Wildman–Crippen MR) is 103 cm³/mol. The van der Waals surface area contributed by atoms with E-state index in [1.54, 1.807) is 19.5 Å². The number of hydrogen-bond acceptors (Lipinski definition) is 3. The SMILES string of the molecule is COc1cccc(CCC2CCCN(C(=O)CCc3ccncc3)C2)c1. The zero-order valence-electron chi connectivity index (χ0n) is 15.6. The Bertz CT molecular complexity index is 702. The molecule has 4 nitrogen and oxygen atoms in total. The number of amides is 1. The summed E-state index contributed by atoms with van der Waals surface area (Å²) >= 11 is 0. The summed E-state index contributed by atoms with van der Waals surface area (Å²) in [5, 5.41) is 0. The number of ether oxygens (including phenoxy) is 1. The fraction of sp³-hybridized carbons (Fsp3) is 0.455. The summed E-state index contributed by atoms with van der Waals surface area (Å²) in [6.45, 7) is 1.81. The molecular weight excluding hydrogens is 324 g/mol. The first kappa shape index (κ1) is 18.4. The molecule has 1 fully saturated rings. The monoisotopic (exact) mass is 352 g/mol. The number of benzene rings is 1. The summed E-state index contributed by atoms with van der Waals surface area (Å²) in [7, 11) is 1.70. The van der Waals surface area contributed by atoms with Crippen molar-refractivity contribution in [1.29, 1.82) is 0 Å². The van der Waals surface area contributed by atoms with E-state index in [4.69, 9.17) is 4.74 Å². The van der Waals surface area contributed by atoms with Crippen LogP contribution in [0.1, 0.15) is 36.8 Å². The van der Waals surface area contributed by atoms with Crippen LogP contribution in [-0.4, -0.2) is 36.0 Å². The van der Waals surface area contributed by atoms with E-state index in [1.165, 1.54) is 17.5 Å². The van der Waals surface area contributed by atoms with E-state index in [2.05, 4.69) is 22.0 Å². The Morgan fingerprint density at radius 1 is 1.19 bits per heavy atom. The molecule has 0 spiro atoms. The zero-order chi connectivity index (χ0) is 18.2. The molecule has 1 atom stereocenters. The molecule has 1 aromatic carbocycles. The molecule has 1 amide bonds. The minimum absolute atomic E-state index is 0.285. The van der Waals surface area contributed by atoms with Gasteiger partial charge in [0.2, 0.25) is 5.91 Å². The number of carbonyl (C=O) groups is 1. The second kappa shape index (κ2) is 9.37. The number of piperidine rings is 1. The summed E-state index contributed by atoms with van der Waals surface area (Å²) in [5.41, 5.74) is 2.49. The van der Waals surface area contributed by atoms with Gasteiger partial charge in [0.25, 0.3) is 0 Å². The minimum Gasteiger partial charge on any atom is -0.497 e. The van der Waals surface area contributed by atoms with Gasteiger partial charge >= 0.3 is 0 Å². The second-order valence-corrected chi connectivity index (χ2v) is 7.09. The lowest BCUT2D eigenvalue weighted by atomic mass is 9.91. The lowest BCUT2D eigenvalue weighted by molar-refractivity contribution is -0.133. The normalized spacial score (nSPS) is 17.1. The highest BCUT2D eigenvalue weighted by molar-refractivity contribution is 5.76. The molecule has 0 N–H and O–H groups in total. The number of hydrogen-bond donors (Lipinski definition) is 0. The number of rotatable bonds is 7. The summed E-state index contributed by atoms with van der Waals surface area (Å²) in [6, 6.07) is 12.3. The van der Waals surface area contributed by atoms with Crippen molar-refractivity contribution < 1.29 is 9.53 Å². The number of aromatic nitrogens is 1. The van der Waals surface area contributed by atoms with Crippen molar-refractivity contribution in [2.24, 2.45) is 5.92 Å². The molecule has 2 heterocycles. The van der Waals surface area contributed by atoms with Gasteiger partial charge in [-0.1, -0.05) is 12.1 Å². The van der Waals surface area contributed by atoms with Crippen LogP contribution in [0.2, 0.25) is 0 Å². The van der Waals surface area contributed by atoms with Gasteiger partial charge in [-0.3, -0.25) is 9.78 Å². The molecule has 1 saturated heterocycles. The highest BCUT2D eigenvalue weighted by Gasteiger charge is 2.23. The molecule has 3 rings (SSSR count). The van der Waals surface area contributed by atoms with Crippen LogP contribution < -0.4 is 4.74 Å². The quantitative estimate of drug-likeness (QED) is 0.759. The van der Waals surface area contributed by atoms with E-state index in [9.17, 15) is 4.79 Å². The molecule has 0 saturated carbocycles. The summed E-state index contributed by atoms with van der Waals surface area (Å²) in [6.07, 6.45) is 9.47. The highest BCUT2D eigenvalue weighted by Crippen LogP contribution is 2.23. The molecule has 1 aromatic heterocycles. The van der Waals surface area contributed by atoms with Gasteiger partial charge in [0.05, 0.1) is 7.11 Å². The Labute approximate surface area is 156 Å². The van der Waals surface area contributed by atoms with Crippen LogP contribution in [0.5, 0.6) is 5.75 Å². The van der Waals surface area contributed by atoms with Crippen LogP contribution in [0.4, 0.5) is 0 Å². The van der Waals surface area contributed by atoms with E-state index >= 15 is 0 Å². The van der Waals surface area contributed by atoms with Crippen molar-refractivity contribution >= 4 is 5.91 Å². The first-order valence-corrected chi connectivity index (χ1v) is 9.54. The molecule has 0 aliphatic carbocycles. The number of methoxy groups -OCH3 is 1. The molecule has 0 bridgehead atoms. The van der Waals surface area contributed by atoms with E-state index in [1.807, 2.05) is 24.3 Å². The van der Waals surface area contributed by atoms with Crippen molar-refractivity contribution in [1.82, 2.24) is 9.88 Å². The molecule has 0 radical (unpaired) electrons. The van der Waals surface area contributed by atoms with Crippen molar-refractivity contribution in [3.63, 3.8) is 0 Å². The minimum atomic E-state index is 0.285. The van der Waals surface area contributed by atoms with Crippen molar-refractivity contribution in [2.75, 3.05) is 20.2 Å². The van der Waals surface area contributed by atoms with Crippen LogP contribution in [0.3, 0.4) is 0 Å². The third kappa shape index (κ3) is 5.32. The van der Waals surface area contributed by atoms with E-state index in [-0.39, 0.29) is 5.91 Å². The average Bonchev–Trinajstić information content (AvgIpc) is 2.71. The van der Waals surface area contributed by atoms with Gasteiger partial charge in [-0.15, -0.1) is 0 Å². The Hall–Kier alpha value is -2.36. The standard InChI is InChI=1S/C22H28N2O2/c1-26-21-6-2-4-19(16-21)7-8-20-5-3-15-24(17-20)22(25)10-9-18-11-13-23-14-12-18/h2,4,6,11-14,16,20H,3,5,7-10,15,17H2,1H3. The van der Waals surface area contributed by atoms with Gasteiger partial charge in [-0.2, -0.15) is 0 Å². The summed E-state index contributed by atoms with van der Waals surface area (Å²) < 4.78 is 5.30. The Kier molecular flexibility index (Phi) is 6.64. The Morgan fingerprint density at radius 2 is 2.04 bits per heavy atom. The van der Waals surface area contributed by atoms with Gasteiger partial charge in [0.15, 0.2) is 0 Å². The lowest BCUT2D eigenvalue weighted by Gasteiger charge is -2.33. The highest BCUT2D eigenvalue weighted by atomic mass is 16.5. The van der Waals surface area contributed by atoms with Crippen LogP contribution in [0.15, 0.2) is 48.8 Å². The Morgan fingerprint density at radius 3 is 2.85 bits per heavy atom. The Balaban J connectivity index is 1.46. The maximum atomic E-state index is 12.6. The molecule has 2 aromatic rings. The van der Waals surface area contributed by atoms with E-state index < -0.39 is 0 Å². The van der Waals surface area contributed by atoms with Gasteiger partial charge in [0, 0.05) is 31.9 Å². The topological polar surface area (TPSA) is 42.4 Å². The molecule has 1 aliphatic heterocycles. The van der Waals surface area contributed by atoms with Crippen molar-refractivity contribution in [3.05, 3.63) is 59.9 Å². The van der Waals surface area contributed by atoms with Crippen LogP contribution in [0.25, 0.3) is 0 Å². The summed E-state index contributed by atoms with van der Waals surface area (Å²) in [5.74, 6) is 1.80. The van der Waals surface area contributed by atoms with E-state index in [0.29, 0.717) is 12.3 Å². The maximum absolute atomic E-state index is 12.6. The maximum Gasteiger partial charge on any atom is 0.222 e. The fourth-order valence-electron chi connectivity index (χ4n) is 3.68. The number of likely N-dealkylation sites (tertiary alicyclic amines) is 1. The molecular formula is C22H28N2O2. The molecule has 1 aliphatic rings. The summed E-state index contributed by atoms with van der Waals surface area (Å²) in [4.78, 5) is 18.7. The smallest absolute Gasteiger partial charge is 0.222 e. The van der Waals surface area contributed by atoms with Crippen LogP contribution in [-0.2, 0) is 17.6 Å². The molecule has 138 valence electrons. The van der Waals surface area contributed by atoms with Gasteiger partial charge in [-0.05, 0) is 73.4 Å². The second-order valence-electron chi connectivity index (χ2n) is 7.09. The fourth-order valence-corrected chi connectivity index (χ4v) is 3.68. The average molecular weight is 352 g/mol.